The number of hydrogen-bond acceptors (Lipinski definition) is 2. The zero-order valence-corrected chi connectivity index (χ0v) is 21.0. The lowest BCUT2D eigenvalue weighted by molar-refractivity contribution is -0.127. The molecule has 0 N–H and O–H groups in total. The average Bonchev–Trinajstić information content (AvgIpc) is 3.31. The summed E-state index contributed by atoms with van der Waals surface area (Å²) in [6.07, 6.45) is 6.33. The normalized spacial score (nSPS) is 25.7. The first-order valence-corrected chi connectivity index (χ1v) is 13.1. The Bertz CT molecular complexity index is 1150. The highest BCUT2D eigenvalue weighted by Crippen LogP contribution is 2.47. The van der Waals surface area contributed by atoms with E-state index in [0.29, 0.717) is 30.2 Å². The molecule has 0 saturated carbocycles. The van der Waals surface area contributed by atoms with E-state index in [0.717, 1.165) is 19.4 Å². The third kappa shape index (κ3) is 3.75. The van der Waals surface area contributed by atoms with Crippen molar-refractivity contribution in [1.29, 1.82) is 0 Å². The van der Waals surface area contributed by atoms with Gasteiger partial charge in [0.1, 0.15) is 5.78 Å². The number of Topliss-reactive ketones (excluding diaryl/α,β-unsaturated/α-hetero) is 1. The molecule has 2 bridgehead atoms. The van der Waals surface area contributed by atoms with Crippen molar-refractivity contribution in [1.82, 2.24) is 9.47 Å². The first kappa shape index (κ1) is 21.9. The van der Waals surface area contributed by atoms with Gasteiger partial charge in [0, 0.05) is 54.6 Å². The molecule has 3 aromatic rings. The molecular formula is C28H31IN2O. The van der Waals surface area contributed by atoms with Gasteiger partial charge in [-0.25, -0.2) is 0 Å². The number of ketones is 1. The highest BCUT2D eigenvalue weighted by atomic mass is 127. The van der Waals surface area contributed by atoms with Crippen molar-refractivity contribution >= 4 is 39.3 Å². The lowest BCUT2D eigenvalue weighted by Crippen LogP contribution is -2.50. The van der Waals surface area contributed by atoms with Crippen molar-refractivity contribution in [3.8, 4) is 11.3 Å². The van der Waals surface area contributed by atoms with Gasteiger partial charge in [-0.05, 0) is 52.5 Å². The Balaban J connectivity index is 1.46. The Morgan fingerprint density at radius 2 is 1.91 bits per heavy atom. The van der Waals surface area contributed by atoms with E-state index >= 15 is 0 Å². The summed E-state index contributed by atoms with van der Waals surface area (Å²) in [7, 11) is 2.14. The number of rotatable bonds is 6. The minimum absolute atomic E-state index is 0.116. The third-order valence-electron chi connectivity index (χ3n) is 7.78. The monoisotopic (exact) mass is 538 g/mol. The second-order valence-corrected chi connectivity index (χ2v) is 10.0. The second-order valence-electron chi connectivity index (χ2n) is 9.31. The zero-order chi connectivity index (χ0) is 22.2. The molecule has 2 aliphatic rings. The lowest BCUT2D eigenvalue weighted by atomic mass is 9.73. The topological polar surface area (TPSA) is 25.2 Å². The highest BCUT2D eigenvalue weighted by molar-refractivity contribution is 14.1. The number of carbonyl (C=O) groups is 1. The fourth-order valence-corrected chi connectivity index (χ4v) is 6.47. The maximum atomic E-state index is 13.1. The minimum Gasteiger partial charge on any atom is -0.344 e. The van der Waals surface area contributed by atoms with Crippen LogP contribution in [0.15, 0.2) is 64.8 Å². The highest BCUT2D eigenvalue weighted by Gasteiger charge is 2.49. The fraction of sp³-hybridized carbons (Fsp3) is 0.393. The zero-order valence-electron chi connectivity index (χ0n) is 18.9. The number of nitrogens with zero attached hydrogens (tertiary/aromatic N) is 2. The molecule has 4 atom stereocenters. The summed E-state index contributed by atoms with van der Waals surface area (Å²) in [4.78, 5) is 15.7. The third-order valence-corrected chi connectivity index (χ3v) is 8.29. The van der Waals surface area contributed by atoms with Crippen molar-refractivity contribution in [2.24, 2.45) is 13.0 Å². The summed E-state index contributed by atoms with van der Waals surface area (Å²) in [6.45, 7) is 3.00. The van der Waals surface area contributed by atoms with Crippen LogP contribution in [0.4, 0.5) is 0 Å². The van der Waals surface area contributed by atoms with Crippen molar-refractivity contribution in [2.45, 2.75) is 50.6 Å². The van der Waals surface area contributed by atoms with Gasteiger partial charge in [-0.1, -0.05) is 78.1 Å². The lowest BCUT2D eigenvalue weighted by Gasteiger charge is -2.44. The van der Waals surface area contributed by atoms with Gasteiger partial charge in [0.25, 0.3) is 0 Å². The van der Waals surface area contributed by atoms with Gasteiger partial charge < -0.3 is 4.57 Å². The number of para-hydroxylation sites is 1. The van der Waals surface area contributed by atoms with E-state index in [1.54, 1.807) is 0 Å². The van der Waals surface area contributed by atoms with Crippen LogP contribution in [0.25, 0.3) is 22.2 Å². The molecule has 2 aromatic carbocycles. The van der Waals surface area contributed by atoms with Gasteiger partial charge in [0.05, 0.1) is 0 Å². The van der Waals surface area contributed by atoms with Gasteiger partial charge in [0.2, 0.25) is 0 Å². The van der Waals surface area contributed by atoms with E-state index in [1.165, 1.54) is 34.1 Å². The molecule has 0 amide bonds. The predicted octanol–water partition coefficient (Wildman–Crippen LogP) is 6.71. The van der Waals surface area contributed by atoms with E-state index in [1.807, 2.05) is 6.92 Å². The standard InChI is InChI=1S/C28H31IN2O/c1-3-27(32)28-23(18-22-13-14-25(28)31(22)16-6-15-29)19-9-11-20(12-10-19)26-17-21-7-4-5-8-24(21)30(26)2/h4-12,15,17,22-23,25,28H,3,13-14,16,18H2,1-2H3/b15-6-/t22-,23+,25+,28-/m0/s1. The largest absolute Gasteiger partial charge is 0.344 e. The molecule has 2 saturated heterocycles. The van der Waals surface area contributed by atoms with Gasteiger partial charge in [-0.3, -0.25) is 9.69 Å². The molecule has 0 unspecified atom stereocenters. The molecule has 32 heavy (non-hydrogen) atoms. The van der Waals surface area contributed by atoms with Gasteiger partial charge in [0.15, 0.2) is 0 Å². The molecule has 0 radical (unpaired) electrons. The molecule has 166 valence electrons. The quantitative estimate of drug-likeness (QED) is 0.326. The maximum absolute atomic E-state index is 13.1. The van der Waals surface area contributed by atoms with Crippen LogP contribution in [0.1, 0.15) is 44.1 Å². The summed E-state index contributed by atoms with van der Waals surface area (Å²) in [5, 5.41) is 1.27. The number of benzene rings is 2. The van der Waals surface area contributed by atoms with Crippen LogP contribution < -0.4 is 0 Å². The van der Waals surface area contributed by atoms with Crippen LogP contribution in [-0.4, -0.2) is 33.9 Å². The van der Waals surface area contributed by atoms with Crippen LogP contribution in [0.3, 0.4) is 0 Å². The molecule has 3 heterocycles. The Morgan fingerprint density at radius 1 is 1.12 bits per heavy atom. The van der Waals surface area contributed by atoms with Crippen LogP contribution in [-0.2, 0) is 11.8 Å². The molecule has 0 aliphatic carbocycles. The summed E-state index contributed by atoms with van der Waals surface area (Å²) >= 11 is 2.30. The van der Waals surface area contributed by atoms with Gasteiger partial charge >= 0.3 is 0 Å². The van der Waals surface area contributed by atoms with Crippen molar-refractivity contribution in [2.75, 3.05) is 6.54 Å². The molecule has 0 spiro atoms. The molecular weight excluding hydrogens is 507 g/mol. The van der Waals surface area contributed by atoms with Crippen molar-refractivity contribution in [3.63, 3.8) is 0 Å². The van der Waals surface area contributed by atoms with Crippen LogP contribution in [0, 0.1) is 5.92 Å². The van der Waals surface area contributed by atoms with Crippen LogP contribution in [0.2, 0.25) is 0 Å². The average molecular weight is 538 g/mol. The van der Waals surface area contributed by atoms with E-state index in [4.69, 9.17) is 0 Å². The number of aromatic nitrogens is 1. The number of carbonyl (C=O) groups excluding carboxylic acids is 1. The fourth-order valence-electron chi connectivity index (χ4n) is 6.24. The van der Waals surface area contributed by atoms with Crippen molar-refractivity contribution in [3.05, 3.63) is 70.3 Å². The summed E-state index contributed by atoms with van der Waals surface area (Å²) in [5.41, 5.74) is 5.06. The predicted molar refractivity (Wildman–Crippen MR) is 141 cm³/mol. The molecule has 4 heteroatoms. The van der Waals surface area contributed by atoms with Gasteiger partial charge in [-0.2, -0.15) is 0 Å². The smallest absolute Gasteiger partial charge is 0.137 e. The number of fused-ring (bicyclic) bond motifs is 3. The van der Waals surface area contributed by atoms with E-state index in [9.17, 15) is 4.79 Å². The van der Waals surface area contributed by atoms with Crippen molar-refractivity contribution < 1.29 is 4.79 Å². The Labute approximate surface area is 204 Å². The summed E-state index contributed by atoms with van der Waals surface area (Å²) in [6, 6.07) is 20.9. The van der Waals surface area contributed by atoms with Crippen LogP contribution >= 0.6 is 22.6 Å². The number of halogens is 1. The van der Waals surface area contributed by atoms with E-state index in [2.05, 4.69) is 104 Å². The Morgan fingerprint density at radius 3 is 2.62 bits per heavy atom. The summed E-state index contributed by atoms with van der Waals surface area (Å²) in [5.74, 6) is 0.882. The first-order chi connectivity index (χ1) is 15.6. The Hall–Kier alpha value is -1.92. The van der Waals surface area contributed by atoms with E-state index in [-0.39, 0.29) is 5.92 Å². The van der Waals surface area contributed by atoms with Gasteiger partial charge in [-0.15, -0.1) is 0 Å². The molecule has 3 nitrogen and oxygen atoms in total. The second kappa shape index (κ2) is 9.14. The molecule has 2 fully saturated rings. The molecule has 1 aromatic heterocycles. The maximum Gasteiger partial charge on any atom is 0.137 e. The number of piperidine rings is 1. The molecule has 2 aliphatic heterocycles. The minimum atomic E-state index is 0.116. The summed E-state index contributed by atoms with van der Waals surface area (Å²) < 4.78 is 4.37. The Kier molecular flexibility index (Phi) is 6.26. The van der Waals surface area contributed by atoms with Crippen LogP contribution in [0.5, 0.6) is 0 Å². The molecule has 5 rings (SSSR count). The number of aryl methyl sites for hydroxylation is 1. The van der Waals surface area contributed by atoms with E-state index < -0.39 is 0 Å². The SMILES string of the molecule is CCC(=O)[C@H]1[C@@H](c2ccc(-c3cc4ccccc4n3C)cc2)C[C@@H]2CC[C@H]1N2C/C=C\I. The number of hydrogen-bond donors (Lipinski definition) is 0. The first-order valence-electron chi connectivity index (χ1n) is 11.8.